The van der Waals surface area contributed by atoms with Gasteiger partial charge in [0.1, 0.15) is 5.75 Å². The van der Waals surface area contributed by atoms with Crippen LogP contribution in [0.1, 0.15) is 12.6 Å². The van der Waals surface area contributed by atoms with Gasteiger partial charge in [-0.25, -0.2) is 0 Å². The minimum atomic E-state index is 0. The molecule has 0 unspecified atom stereocenters. The molecule has 0 aliphatic rings. The molecule has 1 N–H and O–H groups in total. The highest BCUT2D eigenvalue weighted by atomic mass is 16.5. The predicted molar refractivity (Wildman–Crippen MR) is 71.4 cm³/mol. The van der Waals surface area contributed by atoms with E-state index in [0.717, 1.165) is 18.0 Å². The van der Waals surface area contributed by atoms with E-state index in [-0.39, 0.29) is 1.43 Å². The molecule has 0 aliphatic carbocycles. The first-order valence-corrected chi connectivity index (χ1v) is 5.57. The monoisotopic (exact) mass is 230 g/mol. The third-order valence-corrected chi connectivity index (χ3v) is 2.68. The van der Waals surface area contributed by atoms with E-state index in [1.165, 1.54) is 11.1 Å². The van der Waals surface area contributed by atoms with Crippen molar-refractivity contribution in [1.29, 1.82) is 0 Å². The molecule has 0 radical (unpaired) electrons. The van der Waals surface area contributed by atoms with Crippen molar-refractivity contribution in [1.82, 2.24) is 4.98 Å². The maximum absolute atomic E-state index is 5.21. The standard InChI is InChI=1S/C14H16N2O.H2/c1-11-3-4-13(17-2)9-14(11)16-10-12-5-7-15-8-6-12;/h3-9,16H,10H2,1-2H3;1H. The second kappa shape index (κ2) is 5.34. The van der Waals surface area contributed by atoms with Gasteiger partial charge in [0.05, 0.1) is 7.11 Å². The van der Waals surface area contributed by atoms with Crippen LogP contribution in [-0.2, 0) is 6.54 Å². The van der Waals surface area contributed by atoms with E-state index in [0.29, 0.717) is 0 Å². The molecule has 3 heteroatoms. The lowest BCUT2D eigenvalue weighted by Crippen LogP contribution is -2.01. The normalized spacial score (nSPS) is 10.0. The molecule has 1 aromatic carbocycles. The minimum absolute atomic E-state index is 0. The van der Waals surface area contributed by atoms with Crippen molar-refractivity contribution in [2.45, 2.75) is 13.5 Å². The number of pyridine rings is 1. The Kier molecular flexibility index (Phi) is 3.60. The predicted octanol–water partition coefficient (Wildman–Crippen LogP) is 3.26. The van der Waals surface area contributed by atoms with Crippen LogP contribution in [0, 0.1) is 6.92 Å². The number of hydrogen-bond acceptors (Lipinski definition) is 3. The van der Waals surface area contributed by atoms with Gasteiger partial charge in [0, 0.05) is 32.1 Å². The summed E-state index contributed by atoms with van der Waals surface area (Å²) < 4.78 is 5.21. The zero-order valence-electron chi connectivity index (χ0n) is 10.1. The Bertz CT molecular complexity index is 488. The maximum Gasteiger partial charge on any atom is 0.120 e. The van der Waals surface area contributed by atoms with Crippen molar-refractivity contribution in [3.8, 4) is 5.75 Å². The van der Waals surface area contributed by atoms with E-state index < -0.39 is 0 Å². The fourth-order valence-electron chi connectivity index (χ4n) is 1.62. The second-order valence-electron chi connectivity index (χ2n) is 3.89. The van der Waals surface area contributed by atoms with E-state index in [9.17, 15) is 0 Å². The molecule has 0 fully saturated rings. The molecule has 3 nitrogen and oxygen atoms in total. The number of benzene rings is 1. The van der Waals surface area contributed by atoms with E-state index in [1.807, 2.05) is 30.3 Å². The third-order valence-electron chi connectivity index (χ3n) is 2.68. The molecular weight excluding hydrogens is 212 g/mol. The molecule has 0 spiro atoms. The van der Waals surface area contributed by atoms with Crippen molar-refractivity contribution in [2.75, 3.05) is 12.4 Å². The molecule has 1 aromatic heterocycles. The summed E-state index contributed by atoms with van der Waals surface area (Å²) >= 11 is 0. The van der Waals surface area contributed by atoms with E-state index in [4.69, 9.17) is 4.74 Å². The Morgan fingerprint density at radius 3 is 2.71 bits per heavy atom. The largest absolute Gasteiger partial charge is 0.497 e. The Morgan fingerprint density at radius 1 is 1.24 bits per heavy atom. The van der Waals surface area contributed by atoms with Crippen LogP contribution < -0.4 is 10.1 Å². The first-order chi connectivity index (χ1) is 8.29. The Hall–Kier alpha value is -2.03. The van der Waals surface area contributed by atoms with Crippen LogP contribution in [0.3, 0.4) is 0 Å². The molecule has 90 valence electrons. The van der Waals surface area contributed by atoms with Gasteiger partial charge in [0.2, 0.25) is 0 Å². The number of rotatable bonds is 4. The average molecular weight is 230 g/mol. The molecule has 0 saturated carbocycles. The van der Waals surface area contributed by atoms with Crippen molar-refractivity contribution >= 4 is 5.69 Å². The maximum atomic E-state index is 5.21. The van der Waals surface area contributed by atoms with E-state index in [2.05, 4.69) is 17.2 Å². The van der Waals surface area contributed by atoms with Crippen LogP contribution in [0.25, 0.3) is 0 Å². The number of aromatic nitrogens is 1. The zero-order valence-corrected chi connectivity index (χ0v) is 10.1. The molecule has 1 heterocycles. The topological polar surface area (TPSA) is 34.1 Å². The molecule has 2 aromatic rings. The van der Waals surface area contributed by atoms with Crippen LogP contribution in [0.5, 0.6) is 5.75 Å². The molecule has 0 saturated heterocycles. The molecule has 17 heavy (non-hydrogen) atoms. The molecule has 2 rings (SSSR count). The molecule has 0 bridgehead atoms. The summed E-state index contributed by atoms with van der Waals surface area (Å²) in [6, 6.07) is 10.0. The number of nitrogens with one attached hydrogen (secondary N) is 1. The minimum Gasteiger partial charge on any atom is -0.497 e. The van der Waals surface area contributed by atoms with Gasteiger partial charge in [-0.2, -0.15) is 0 Å². The van der Waals surface area contributed by atoms with Gasteiger partial charge in [-0.3, -0.25) is 4.98 Å². The van der Waals surface area contributed by atoms with Gasteiger partial charge in [-0.1, -0.05) is 6.07 Å². The number of aryl methyl sites for hydroxylation is 1. The molecule has 0 atom stereocenters. The fourth-order valence-corrected chi connectivity index (χ4v) is 1.62. The lowest BCUT2D eigenvalue weighted by Gasteiger charge is -2.11. The smallest absolute Gasteiger partial charge is 0.120 e. The second-order valence-corrected chi connectivity index (χ2v) is 3.89. The SMILES string of the molecule is COc1ccc(C)c(NCc2ccncc2)c1.[HH]. The third kappa shape index (κ3) is 2.97. The van der Waals surface area contributed by atoms with Crippen LogP contribution in [0.4, 0.5) is 5.69 Å². The van der Waals surface area contributed by atoms with Gasteiger partial charge in [0.25, 0.3) is 0 Å². The fraction of sp³-hybridized carbons (Fsp3) is 0.214. The van der Waals surface area contributed by atoms with Crippen LogP contribution in [0.2, 0.25) is 0 Å². The number of ether oxygens (including phenoxy) is 1. The molecule has 0 aliphatic heterocycles. The quantitative estimate of drug-likeness (QED) is 0.875. The summed E-state index contributed by atoms with van der Waals surface area (Å²) in [5, 5.41) is 3.40. The van der Waals surface area contributed by atoms with Crippen molar-refractivity contribution in [2.24, 2.45) is 0 Å². The summed E-state index contributed by atoms with van der Waals surface area (Å²) in [7, 11) is 1.68. The first kappa shape index (κ1) is 11.5. The Labute approximate surface area is 103 Å². The summed E-state index contributed by atoms with van der Waals surface area (Å²) in [6.07, 6.45) is 3.60. The summed E-state index contributed by atoms with van der Waals surface area (Å²) in [5.41, 5.74) is 3.52. The van der Waals surface area contributed by atoms with Crippen molar-refractivity contribution < 1.29 is 6.16 Å². The molecule has 0 amide bonds. The lowest BCUT2D eigenvalue weighted by molar-refractivity contribution is 0.415. The van der Waals surface area contributed by atoms with Crippen LogP contribution >= 0.6 is 0 Å². The Morgan fingerprint density at radius 2 is 2.00 bits per heavy atom. The van der Waals surface area contributed by atoms with Gasteiger partial charge in [-0.05, 0) is 36.2 Å². The highest BCUT2D eigenvalue weighted by molar-refractivity contribution is 5.54. The van der Waals surface area contributed by atoms with E-state index in [1.54, 1.807) is 19.5 Å². The van der Waals surface area contributed by atoms with Gasteiger partial charge >= 0.3 is 0 Å². The summed E-state index contributed by atoms with van der Waals surface area (Å²) in [6.45, 7) is 2.87. The number of hydrogen-bond donors (Lipinski definition) is 1. The van der Waals surface area contributed by atoms with E-state index >= 15 is 0 Å². The Balaban J connectivity index is 0.00000162. The van der Waals surface area contributed by atoms with Crippen molar-refractivity contribution in [3.63, 3.8) is 0 Å². The van der Waals surface area contributed by atoms with Gasteiger partial charge in [-0.15, -0.1) is 0 Å². The zero-order chi connectivity index (χ0) is 12.1. The van der Waals surface area contributed by atoms with Gasteiger partial charge < -0.3 is 10.1 Å². The highest BCUT2D eigenvalue weighted by Gasteiger charge is 2.00. The van der Waals surface area contributed by atoms with Crippen LogP contribution in [-0.4, -0.2) is 12.1 Å². The van der Waals surface area contributed by atoms with Gasteiger partial charge in [0.15, 0.2) is 0 Å². The van der Waals surface area contributed by atoms with Crippen LogP contribution in [0.15, 0.2) is 42.7 Å². The number of anilines is 1. The summed E-state index contributed by atoms with van der Waals surface area (Å²) in [5.74, 6) is 0.868. The molecular formula is C14H18N2O. The average Bonchev–Trinajstić information content (AvgIpc) is 2.39. The lowest BCUT2D eigenvalue weighted by atomic mass is 10.2. The van der Waals surface area contributed by atoms with Crippen molar-refractivity contribution in [3.05, 3.63) is 53.9 Å². The number of methoxy groups -OCH3 is 1. The summed E-state index contributed by atoms with van der Waals surface area (Å²) in [4.78, 5) is 4.00. The number of nitrogens with zero attached hydrogens (tertiary/aromatic N) is 1. The first-order valence-electron chi connectivity index (χ1n) is 5.57. The highest BCUT2D eigenvalue weighted by Crippen LogP contribution is 2.22.